The van der Waals surface area contributed by atoms with Crippen molar-refractivity contribution in [2.24, 2.45) is 0 Å². The summed E-state index contributed by atoms with van der Waals surface area (Å²) in [6.45, 7) is 0.730. The number of hydrogen-bond acceptors (Lipinski definition) is 6. The topological polar surface area (TPSA) is 69.2 Å². The molecule has 0 saturated heterocycles. The Morgan fingerprint density at radius 2 is 1.83 bits per heavy atom. The third kappa shape index (κ3) is 4.72. The number of fused-ring (bicyclic) bond motifs is 1. The van der Waals surface area contributed by atoms with Crippen LogP contribution in [0.1, 0.15) is 5.69 Å². The largest absolute Gasteiger partial charge is 0.491 e. The first-order valence-electron chi connectivity index (χ1n) is 9.26. The zero-order valence-corrected chi connectivity index (χ0v) is 17.4. The number of nitrogens with zero attached hydrogens (tertiary/aromatic N) is 3. The second-order valence-electron chi connectivity index (χ2n) is 6.29. The smallest absolute Gasteiger partial charge is 0.145 e. The maximum absolute atomic E-state index is 6.42. The lowest BCUT2D eigenvalue weighted by molar-refractivity contribution is 0.301. The van der Waals surface area contributed by atoms with Gasteiger partial charge in [-0.05, 0) is 42.5 Å². The molecule has 8 heteroatoms. The van der Waals surface area contributed by atoms with Crippen molar-refractivity contribution in [3.63, 3.8) is 0 Å². The fourth-order valence-electron chi connectivity index (χ4n) is 2.91. The van der Waals surface area contributed by atoms with Gasteiger partial charge in [0.1, 0.15) is 36.9 Å². The minimum absolute atomic E-state index is 0.338. The third-order valence-corrected chi connectivity index (χ3v) is 4.71. The van der Waals surface area contributed by atoms with Crippen LogP contribution in [0.15, 0.2) is 67.1 Å². The van der Waals surface area contributed by atoms with Crippen molar-refractivity contribution >= 4 is 45.6 Å². The first kappa shape index (κ1) is 20.2. The van der Waals surface area contributed by atoms with Gasteiger partial charge in [0.2, 0.25) is 0 Å². The summed E-state index contributed by atoms with van der Waals surface area (Å²) in [7, 11) is 0. The molecule has 0 spiro atoms. The van der Waals surface area contributed by atoms with E-state index in [0.29, 0.717) is 41.4 Å². The van der Waals surface area contributed by atoms with E-state index in [1.807, 2.05) is 48.5 Å². The number of benzene rings is 2. The van der Waals surface area contributed by atoms with E-state index in [4.69, 9.17) is 32.7 Å². The second-order valence-corrected chi connectivity index (χ2v) is 7.08. The van der Waals surface area contributed by atoms with Gasteiger partial charge < -0.3 is 14.8 Å². The summed E-state index contributed by atoms with van der Waals surface area (Å²) >= 11 is 12.2. The molecule has 152 valence electrons. The van der Waals surface area contributed by atoms with E-state index in [1.165, 1.54) is 6.33 Å². The van der Waals surface area contributed by atoms with Crippen molar-refractivity contribution in [2.45, 2.75) is 6.61 Å². The maximum atomic E-state index is 6.42. The van der Waals surface area contributed by atoms with Gasteiger partial charge in [-0.3, -0.25) is 4.98 Å². The molecule has 4 rings (SSSR count). The van der Waals surface area contributed by atoms with Gasteiger partial charge in [0.25, 0.3) is 0 Å². The van der Waals surface area contributed by atoms with Crippen LogP contribution in [0.2, 0.25) is 5.02 Å². The predicted octanol–water partition coefficient (Wildman–Crippen LogP) is 5.62. The highest BCUT2D eigenvalue weighted by molar-refractivity contribution is 6.32. The Hall–Kier alpha value is -3.09. The molecule has 0 aliphatic rings. The lowest BCUT2D eigenvalue weighted by Gasteiger charge is -2.13. The van der Waals surface area contributed by atoms with Crippen LogP contribution in [0, 0.1) is 0 Å². The molecule has 0 aliphatic carbocycles. The molecule has 2 aromatic heterocycles. The number of rotatable bonds is 8. The normalized spacial score (nSPS) is 10.7. The van der Waals surface area contributed by atoms with Crippen LogP contribution in [-0.2, 0) is 6.61 Å². The van der Waals surface area contributed by atoms with E-state index < -0.39 is 0 Å². The molecule has 2 aromatic carbocycles. The SMILES string of the molecule is ClCCOc1cccc2ncnc(Nc3ccc(OCc4ccccn4)c(Cl)c3)c12. The molecule has 0 fully saturated rings. The summed E-state index contributed by atoms with van der Waals surface area (Å²) < 4.78 is 11.5. The number of aromatic nitrogens is 3. The number of pyridine rings is 1. The average Bonchev–Trinajstić information content (AvgIpc) is 2.78. The van der Waals surface area contributed by atoms with Gasteiger partial charge in [-0.1, -0.05) is 23.7 Å². The van der Waals surface area contributed by atoms with Crippen molar-refractivity contribution in [3.8, 4) is 11.5 Å². The van der Waals surface area contributed by atoms with Crippen LogP contribution in [0.5, 0.6) is 11.5 Å². The van der Waals surface area contributed by atoms with Gasteiger partial charge in [0, 0.05) is 11.9 Å². The zero-order chi connectivity index (χ0) is 20.8. The maximum Gasteiger partial charge on any atom is 0.145 e. The number of alkyl halides is 1. The van der Waals surface area contributed by atoms with Gasteiger partial charge in [0.05, 0.1) is 27.5 Å². The number of hydrogen-bond donors (Lipinski definition) is 1. The quantitative estimate of drug-likeness (QED) is 0.358. The molecule has 0 saturated carbocycles. The van der Waals surface area contributed by atoms with Gasteiger partial charge in [-0.25, -0.2) is 9.97 Å². The first-order valence-corrected chi connectivity index (χ1v) is 10.2. The van der Waals surface area contributed by atoms with Gasteiger partial charge in [0.15, 0.2) is 0 Å². The van der Waals surface area contributed by atoms with Crippen LogP contribution in [-0.4, -0.2) is 27.4 Å². The first-order chi connectivity index (χ1) is 14.7. The highest BCUT2D eigenvalue weighted by Crippen LogP contribution is 2.34. The molecule has 0 atom stereocenters. The van der Waals surface area contributed by atoms with E-state index in [0.717, 1.165) is 22.3 Å². The standard InChI is InChI=1S/C22H18Cl2N4O2/c23-9-11-29-20-6-3-5-18-21(20)22(27-14-26-18)28-15-7-8-19(17(24)12-15)30-13-16-4-1-2-10-25-16/h1-8,10,12,14H,9,11,13H2,(H,26,27,28). The number of anilines is 2. The van der Waals surface area contributed by atoms with Gasteiger partial charge in [-0.2, -0.15) is 0 Å². The van der Waals surface area contributed by atoms with Crippen molar-refractivity contribution < 1.29 is 9.47 Å². The Balaban J connectivity index is 1.55. The van der Waals surface area contributed by atoms with Gasteiger partial charge in [-0.15, -0.1) is 11.6 Å². The van der Waals surface area contributed by atoms with Crippen molar-refractivity contribution in [2.75, 3.05) is 17.8 Å². The van der Waals surface area contributed by atoms with E-state index in [1.54, 1.807) is 12.3 Å². The van der Waals surface area contributed by atoms with E-state index >= 15 is 0 Å². The average molecular weight is 441 g/mol. The van der Waals surface area contributed by atoms with Crippen LogP contribution < -0.4 is 14.8 Å². The minimum Gasteiger partial charge on any atom is -0.491 e. The Bertz CT molecular complexity index is 1140. The van der Waals surface area contributed by atoms with Crippen LogP contribution >= 0.6 is 23.2 Å². The molecule has 2 heterocycles. The Morgan fingerprint density at radius 3 is 2.63 bits per heavy atom. The third-order valence-electron chi connectivity index (χ3n) is 4.26. The molecule has 0 bridgehead atoms. The Kier molecular flexibility index (Phi) is 6.47. The Labute approximate surface area is 183 Å². The molecule has 0 radical (unpaired) electrons. The summed E-state index contributed by atoms with van der Waals surface area (Å²) in [4.78, 5) is 12.9. The number of nitrogens with one attached hydrogen (secondary N) is 1. The number of halogens is 2. The highest BCUT2D eigenvalue weighted by Gasteiger charge is 2.11. The molecule has 0 aliphatic heterocycles. The summed E-state index contributed by atoms with van der Waals surface area (Å²) in [5, 5.41) is 4.54. The van der Waals surface area contributed by atoms with Gasteiger partial charge >= 0.3 is 0 Å². The molecular weight excluding hydrogens is 423 g/mol. The van der Waals surface area contributed by atoms with E-state index in [9.17, 15) is 0 Å². The van der Waals surface area contributed by atoms with Crippen molar-refractivity contribution in [1.82, 2.24) is 15.0 Å². The summed E-state index contributed by atoms with van der Waals surface area (Å²) in [5.41, 5.74) is 2.35. The monoisotopic (exact) mass is 440 g/mol. The minimum atomic E-state index is 0.338. The van der Waals surface area contributed by atoms with Crippen LogP contribution in [0.3, 0.4) is 0 Å². The predicted molar refractivity (Wildman–Crippen MR) is 119 cm³/mol. The molecular formula is C22H18Cl2N4O2. The number of ether oxygens (including phenoxy) is 2. The van der Waals surface area contributed by atoms with E-state index in [-0.39, 0.29) is 0 Å². The fraction of sp³-hybridized carbons (Fsp3) is 0.136. The Morgan fingerprint density at radius 1 is 0.900 bits per heavy atom. The van der Waals surface area contributed by atoms with Crippen molar-refractivity contribution in [1.29, 1.82) is 0 Å². The van der Waals surface area contributed by atoms with Crippen LogP contribution in [0.4, 0.5) is 11.5 Å². The molecule has 1 N–H and O–H groups in total. The summed E-state index contributed by atoms with van der Waals surface area (Å²) in [6, 6.07) is 16.8. The molecule has 6 nitrogen and oxygen atoms in total. The zero-order valence-electron chi connectivity index (χ0n) is 15.9. The summed E-state index contributed by atoms with van der Waals surface area (Å²) in [6.07, 6.45) is 3.23. The lowest BCUT2D eigenvalue weighted by Crippen LogP contribution is -2.02. The van der Waals surface area contributed by atoms with Crippen molar-refractivity contribution in [3.05, 3.63) is 77.8 Å². The molecule has 0 amide bonds. The second kappa shape index (κ2) is 9.61. The van der Waals surface area contributed by atoms with E-state index in [2.05, 4.69) is 20.3 Å². The summed E-state index contributed by atoms with van der Waals surface area (Å²) in [5.74, 6) is 2.25. The van der Waals surface area contributed by atoms with Crippen LogP contribution in [0.25, 0.3) is 10.9 Å². The molecule has 4 aromatic rings. The fourth-order valence-corrected chi connectivity index (χ4v) is 3.22. The molecule has 0 unspecified atom stereocenters. The lowest BCUT2D eigenvalue weighted by atomic mass is 10.2. The highest BCUT2D eigenvalue weighted by atomic mass is 35.5. The molecule has 30 heavy (non-hydrogen) atoms.